The Bertz CT molecular complexity index is 381. The van der Waals surface area contributed by atoms with Crippen molar-refractivity contribution in [1.29, 1.82) is 0 Å². The van der Waals surface area contributed by atoms with Crippen LogP contribution in [0.1, 0.15) is 31.4 Å². The van der Waals surface area contributed by atoms with E-state index in [0.717, 1.165) is 17.4 Å². The van der Waals surface area contributed by atoms with Gasteiger partial charge in [0.15, 0.2) is 0 Å². The van der Waals surface area contributed by atoms with E-state index in [9.17, 15) is 4.79 Å². The highest BCUT2D eigenvalue weighted by atomic mass is 79.9. The van der Waals surface area contributed by atoms with Gasteiger partial charge in [-0.3, -0.25) is 4.79 Å². The van der Waals surface area contributed by atoms with Crippen LogP contribution < -0.4 is 10.6 Å². The number of hydrogen-bond acceptors (Lipinski definition) is 2. The quantitative estimate of drug-likeness (QED) is 0.899. The minimum absolute atomic E-state index is 0.166. The second kappa shape index (κ2) is 5.65. The third-order valence-corrected chi connectivity index (χ3v) is 3.65. The Labute approximate surface area is 110 Å². The summed E-state index contributed by atoms with van der Waals surface area (Å²) in [7, 11) is 0. The predicted octanol–water partition coefficient (Wildman–Crippen LogP) is 2.38. The number of carbonyl (C=O) groups excluding carboxylic acids is 1. The highest BCUT2D eigenvalue weighted by Gasteiger charge is 2.19. The normalized spacial score (nSPS) is 22.0. The third-order valence-electron chi connectivity index (χ3n) is 3.12. The van der Waals surface area contributed by atoms with E-state index in [0.29, 0.717) is 18.5 Å². The summed E-state index contributed by atoms with van der Waals surface area (Å²) in [5.41, 5.74) is 1.27. The molecule has 0 radical (unpaired) electrons. The first-order valence-corrected chi connectivity index (χ1v) is 6.72. The molecule has 1 saturated heterocycles. The average Bonchev–Trinajstić information content (AvgIpc) is 2.33. The Balaban J connectivity index is 1.90. The van der Waals surface area contributed by atoms with Crippen molar-refractivity contribution in [2.75, 3.05) is 6.54 Å². The number of halogens is 1. The molecule has 0 aromatic heterocycles. The molecule has 92 valence electrons. The monoisotopic (exact) mass is 296 g/mol. The zero-order valence-electron chi connectivity index (χ0n) is 9.87. The molecule has 1 aliphatic heterocycles. The highest BCUT2D eigenvalue weighted by molar-refractivity contribution is 9.10. The van der Waals surface area contributed by atoms with Gasteiger partial charge in [0, 0.05) is 29.5 Å². The topological polar surface area (TPSA) is 41.1 Å². The van der Waals surface area contributed by atoms with Crippen LogP contribution in [0, 0.1) is 0 Å². The number of carbonyl (C=O) groups is 1. The molecule has 2 N–H and O–H groups in total. The first kappa shape index (κ1) is 12.6. The van der Waals surface area contributed by atoms with Gasteiger partial charge in [0.05, 0.1) is 0 Å². The van der Waals surface area contributed by atoms with Gasteiger partial charge >= 0.3 is 0 Å². The zero-order valence-corrected chi connectivity index (χ0v) is 11.5. The van der Waals surface area contributed by atoms with Gasteiger partial charge in [0.1, 0.15) is 0 Å². The molecule has 1 heterocycles. The second-order valence-electron chi connectivity index (χ2n) is 4.48. The number of rotatable bonds is 3. The van der Waals surface area contributed by atoms with Crippen molar-refractivity contribution in [2.24, 2.45) is 0 Å². The molecule has 2 atom stereocenters. The minimum Gasteiger partial charge on any atom is -0.355 e. The summed E-state index contributed by atoms with van der Waals surface area (Å²) < 4.78 is 1.10. The molecule has 0 bridgehead atoms. The maximum Gasteiger partial charge on any atom is 0.220 e. The molecule has 1 aromatic carbocycles. The second-order valence-corrected chi connectivity index (χ2v) is 5.40. The van der Waals surface area contributed by atoms with Gasteiger partial charge < -0.3 is 10.6 Å². The molecule has 2 rings (SSSR count). The Morgan fingerprint density at radius 2 is 2.12 bits per heavy atom. The minimum atomic E-state index is 0.166. The van der Waals surface area contributed by atoms with Crippen LogP contribution in [0.2, 0.25) is 0 Å². The van der Waals surface area contributed by atoms with E-state index in [2.05, 4.69) is 57.8 Å². The van der Waals surface area contributed by atoms with E-state index < -0.39 is 0 Å². The van der Waals surface area contributed by atoms with E-state index in [-0.39, 0.29) is 5.91 Å². The Kier molecular flexibility index (Phi) is 4.18. The van der Waals surface area contributed by atoms with Crippen LogP contribution in [0.15, 0.2) is 28.7 Å². The van der Waals surface area contributed by atoms with E-state index in [4.69, 9.17) is 0 Å². The molecular weight excluding hydrogens is 280 g/mol. The van der Waals surface area contributed by atoms with Crippen LogP contribution in [-0.2, 0) is 4.79 Å². The van der Waals surface area contributed by atoms with Gasteiger partial charge in [0.25, 0.3) is 0 Å². The van der Waals surface area contributed by atoms with Crippen molar-refractivity contribution in [3.8, 4) is 0 Å². The van der Waals surface area contributed by atoms with E-state index in [1.54, 1.807) is 0 Å². The van der Waals surface area contributed by atoms with Gasteiger partial charge in [-0.15, -0.1) is 0 Å². The lowest BCUT2D eigenvalue weighted by Gasteiger charge is -2.27. The number of benzene rings is 1. The molecule has 0 aliphatic carbocycles. The standard InChI is InChI=1S/C13H17BrN2O/c1-9(10-2-4-11(14)5-3-10)16-12-6-7-13(17)15-8-12/h2-5,9,12,16H,6-8H2,1H3,(H,15,17). The van der Waals surface area contributed by atoms with E-state index >= 15 is 0 Å². The lowest BCUT2D eigenvalue weighted by atomic mass is 10.0. The van der Waals surface area contributed by atoms with Crippen LogP contribution in [0.3, 0.4) is 0 Å². The third kappa shape index (κ3) is 3.54. The Hall–Kier alpha value is -0.870. The van der Waals surface area contributed by atoms with Crippen molar-refractivity contribution < 1.29 is 4.79 Å². The summed E-state index contributed by atoms with van der Waals surface area (Å²) in [5, 5.41) is 6.43. The first-order chi connectivity index (χ1) is 8.15. The van der Waals surface area contributed by atoms with Crippen molar-refractivity contribution in [1.82, 2.24) is 10.6 Å². The number of hydrogen-bond donors (Lipinski definition) is 2. The molecule has 1 fully saturated rings. The maximum atomic E-state index is 11.1. The van der Waals surface area contributed by atoms with Crippen LogP contribution in [0.25, 0.3) is 0 Å². The van der Waals surface area contributed by atoms with E-state index in [1.165, 1.54) is 5.56 Å². The number of amides is 1. The molecule has 4 heteroatoms. The summed E-state index contributed by atoms with van der Waals surface area (Å²) in [6.07, 6.45) is 1.55. The Morgan fingerprint density at radius 1 is 1.41 bits per heavy atom. The van der Waals surface area contributed by atoms with E-state index in [1.807, 2.05) is 0 Å². The van der Waals surface area contributed by atoms with Gasteiger partial charge in [-0.2, -0.15) is 0 Å². The van der Waals surface area contributed by atoms with Crippen molar-refractivity contribution in [3.63, 3.8) is 0 Å². The Morgan fingerprint density at radius 3 is 2.71 bits per heavy atom. The molecule has 1 aliphatic rings. The maximum absolute atomic E-state index is 11.1. The lowest BCUT2D eigenvalue weighted by molar-refractivity contribution is -0.122. The summed E-state index contributed by atoms with van der Waals surface area (Å²) in [6, 6.07) is 9.02. The lowest BCUT2D eigenvalue weighted by Crippen LogP contribution is -2.46. The molecule has 1 amide bonds. The molecule has 0 saturated carbocycles. The fourth-order valence-electron chi connectivity index (χ4n) is 2.08. The smallest absolute Gasteiger partial charge is 0.220 e. The predicted molar refractivity (Wildman–Crippen MR) is 71.7 cm³/mol. The van der Waals surface area contributed by atoms with Crippen LogP contribution in [0.5, 0.6) is 0 Å². The molecule has 1 aromatic rings. The van der Waals surface area contributed by atoms with Gasteiger partial charge in [0.2, 0.25) is 5.91 Å². The first-order valence-electron chi connectivity index (χ1n) is 5.93. The average molecular weight is 297 g/mol. The molecule has 2 unspecified atom stereocenters. The molecule has 0 spiro atoms. The number of nitrogens with one attached hydrogen (secondary N) is 2. The van der Waals surface area contributed by atoms with Crippen LogP contribution in [0.4, 0.5) is 0 Å². The fourth-order valence-corrected chi connectivity index (χ4v) is 2.34. The van der Waals surface area contributed by atoms with Crippen molar-refractivity contribution in [3.05, 3.63) is 34.3 Å². The van der Waals surface area contributed by atoms with Gasteiger partial charge in [-0.25, -0.2) is 0 Å². The number of piperidine rings is 1. The SMILES string of the molecule is CC(NC1CCC(=O)NC1)c1ccc(Br)cc1. The van der Waals surface area contributed by atoms with Crippen molar-refractivity contribution in [2.45, 2.75) is 31.8 Å². The highest BCUT2D eigenvalue weighted by Crippen LogP contribution is 2.18. The molecular formula is C13H17BrN2O. The van der Waals surface area contributed by atoms with Gasteiger partial charge in [-0.1, -0.05) is 28.1 Å². The van der Waals surface area contributed by atoms with Crippen molar-refractivity contribution >= 4 is 21.8 Å². The summed E-state index contributed by atoms with van der Waals surface area (Å²) in [4.78, 5) is 11.1. The zero-order chi connectivity index (χ0) is 12.3. The summed E-state index contributed by atoms with van der Waals surface area (Å²) in [5.74, 6) is 0.166. The molecule has 3 nitrogen and oxygen atoms in total. The summed E-state index contributed by atoms with van der Waals surface area (Å²) in [6.45, 7) is 2.89. The van der Waals surface area contributed by atoms with Gasteiger partial charge in [-0.05, 0) is 31.0 Å². The van der Waals surface area contributed by atoms with Crippen LogP contribution in [-0.4, -0.2) is 18.5 Å². The summed E-state index contributed by atoms with van der Waals surface area (Å²) >= 11 is 3.43. The molecule has 17 heavy (non-hydrogen) atoms. The van der Waals surface area contributed by atoms with Crippen LogP contribution >= 0.6 is 15.9 Å². The fraction of sp³-hybridized carbons (Fsp3) is 0.462. The largest absolute Gasteiger partial charge is 0.355 e.